The van der Waals surface area contributed by atoms with Crippen LogP contribution in [0.15, 0.2) is 35.5 Å². The van der Waals surface area contributed by atoms with Gasteiger partial charge in [0.25, 0.3) is 5.91 Å². The molecule has 31 heavy (non-hydrogen) atoms. The zero-order valence-electron chi connectivity index (χ0n) is 17.3. The Hall–Kier alpha value is -3.34. The minimum atomic E-state index is -0.571. The number of ether oxygens (including phenoxy) is 1. The third-order valence-corrected chi connectivity index (χ3v) is 4.91. The topological polar surface area (TPSA) is 112 Å². The fourth-order valence-electron chi connectivity index (χ4n) is 2.74. The van der Waals surface area contributed by atoms with E-state index in [0.29, 0.717) is 16.5 Å². The van der Waals surface area contributed by atoms with E-state index in [1.165, 1.54) is 40.7 Å². The summed E-state index contributed by atoms with van der Waals surface area (Å²) in [7, 11) is 0. The highest BCUT2D eigenvalue weighted by Gasteiger charge is 2.22. The van der Waals surface area contributed by atoms with Crippen molar-refractivity contribution >= 4 is 23.6 Å². The van der Waals surface area contributed by atoms with Crippen LogP contribution in [-0.4, -0.2) is 50.0 Å². The van der Waals surface area contributed by atoms with Crippen molar-refractivity contribution in [2.24, 2.45) is 0 Å². The van der Waals surface area contributed by atoms with Gasteiger partial charge in [-0.05, 0) is 51.1 Å². The lowest BCUT2D eigenvalue weighted by molar-refractivity contribution is -0.141. The van der Waals surface area contributed by atoms with E-state index in [1.807, 2.05) is 19.9 Å². The summed E-state index contributed by atoms with van der Waals surface area (Å²) in [6.07, 6.45) is 0. The van der Waals surface area contributed by atoms with Crippen molar-refractivity contribution in [3.63, 3.8) is 0 Å². The summed E-state index contributed by atoms with van der Waals surface area (Å²) in [6, 6.07) is 7.52. The van der Waals surface area contributed by atoms with Gasteiger partial charge in [0.05, 0.1) is 18.0 Å². The highest BCUT2D eigenvalue weighted by molar-refractivity contribution is 7.98. The first kappa shape index (κ1) is 22.3. The molecule has 3 rings (SSSR count). The maximum atomic E-state index is 13.3. The van der Waals surface area contributed by atoms with Gasteiger partial charge in [-0.25, -0.2) is 19.0 Å². The molecular weight excluding hydrogens is 423 g/mol. The summed E-state index contributed by atoms with van der Waals surface area (Å²) in [5, 5.41) is 11.1. The number of nitrogens with one attached hydrogen (secondary N) is 1. The smallest absolute Gasteiger partial charge is 0.325 e. The normalized spacial score (nSPS) is 10.7. The van der Waals surface area contributed by atoms with Gasteiger partial charge < -0.3 is 10.1 Å². The minimum absolute atomic E-state index is 0.0468. The van der Waals surface area contributed by atoms with Crippen LogP contribution in [0, 0.1) is 19.7 Å². The number of hydrogen-bond donors (Lipinski definition) is 1. The molecular formula is C20H21FN6O3S. The van der Waals surface area contributed by atoms with E-state index in [1.54, 1.807) is 6.92 Å². The molecule has 1 amide bonds. The summed E-state index contributed by atoms with van der Waals surface area (Å²) in [5.41, 5.74) is 2.70. The third-order valence-electron chi connectivity index (χ3n) is 4.05. The first-order valence-electron chi connectivity index (χ1n) is 9.46. The average Bonchev–Trinajstić information content (AvgIpc) is 3.14. The summed E-state index contributed by atoms with van der Waals surface area (Å²) in [4.78, 5) is 33.0. The number of aromatic nitrogens is 5. The van der Waals surface area contributed by atoms with Gasteiger partial charge >= 0.3 is 5.97 Å². The first-order valence-corrected chi connectivity index (χ1v) is 10.5. The van der Waals surface area contributed by atoms with Crippen LogP contribution < -0.4 is 5.32 Å². The van der Waals surface area contributed by atoms with Gasteiger partial charge in [0.15, 0.2) is 10.9 Å². The van der Waals surface area contributed by atoms with Crippen LogP contribution in [0.3, 0.4) is 0 Å². The molecule has 1 N–H and O–H groups in total. The van der Waals surface area contributed by atoms with Crippen LogP contribution in [0.2, 0.25) is 0 Å². The lowest BCUT2D eigenvalue weighted by atomic mass is 10.2. The molecule has 1 aromatic carbocycles. The molecule has 9 nitrogen and oxygen atoms in total. The zero-order chi connectivity index (χ0) is 22.4. The van der Waals surface area contributed by atoms with Crippen molar-refractivity contribution in [1.29, 1.82) is 0 Å². The van der Waals surface area contributed by atoms with Crippen molar-refractivity contribution in [2.75, 3.05) is 13.2 Å². The molecule has 0 saturated carbocycles. The second kappa shape index (κ2) is 10.1. The predicted octanol–water partition coefficient (Wildman–Crippen LogP) is 2.40. The standard InChI is InChI=1S/C20H21FN6O3S/c1-4-30-17(28)10-22-19(29)18-16(11-31-20-23-12(2)9-13(3)24-20)27(26-25-18)15-7-5-14(21)6-8-15/h5-9H,4,10-11H2,1-3H3,(H,22,29). The van der Waals surface area contributed by atoms with Crippen molar-refractivity contribution in [3.05, 3.63) is 58.9 Å². The van der Waals surface area contributed by atoms with Crippen LogP contribution in [0.4, 0.5) is 4.39 Å². The molecule has 0 fully saturated rings. The summed E-state index contributed by atoms with van der Waals surface area (Å²) >= 11 is 1.31. The lowest BCUT2D eigenvalue weighted by Gasteiger charge is -2.09. The summed E-state index contributed by atoms with van der Waals surface area (Å²) in [5.74, 6) is -1.24. The second-order valence-corrected chi connectivity index (χ2v) is 7.43. The first-order chi connectivity index (χ1) is 14.9. The van der Waals surface area contributed by atoms with Crippen LogP contribution in [0.1, 0.15) is 34.5 Å². The lowest BCUT2D eigenvalue weighted by Crippen LogP contribution is -2.31. The molecule has 2 heterocycles. The molecule has 0 aliphatic carbocycles. The van der Waals surface area contributed by atoms with E-state index in [9.17, 15) is 14.0 Å². The van der Waals surface area contributed by atoms with Crippen molar-refractivity contribution in [1.82, 2.24) is 30.3 Å². The average molecular weight is 444 g/mol. The Bertz CT molecular complexity index is 1070. The Morgan fingerprint density at radius 1 is 1.16 bits per heavy atom. The number of nitrogens with zero attached hydrogens (tertiary/aromatic N) is 5. The van der Waals surface area contributed by atoms with Gasteiger partial charge in [-0.1, -0.05) is 17.0 Å². The Kier molecular flexibility index (Phi) is 7.29. The molecule has 162 valence electrons. The van der Waals surface area contributed by atoms with E-state index in [2.05, 4.69) is 25.6 Å². The number of halogens is 1. The molecule has 0 spiro atoms. The number of rotatable bonds is 8. The predicted molar refractivity (Wildman–Crippen MR) is 111 cm³/mol. The van der Waals surface area contributed by atoms with E-state index in [-0.39, 0.29) is 24.6 Å². The summed E-state index contributed by atoms with van der Waals surface area (Å²) in [6.45, 7) is 5.35. The number of esters is 1. The van der Waals surface area contributed by atoms with Crippen LogP contribution >= 0.6 is 11.8 Å². The fourth-order valence-corrected chi connectivity index (χ4v) is 3.68. The van der Waals surface area contributed by atoms with E-state index in [4.69, 9.17) is 4.74 Å². The Labute approximate surface area is 182 Å². The zero-order valence-corrected chi connectivity index (χ0v) is 18.1. The largest absolute Gasteiger partial charge is 0.465 e. The van der Waals surface area contributed by atoms with Gasteiger partial charge in [-0.2, -0.15) is 0 Å². The molecule has 0 bridgehead atoms. The van der Waals surface area contributed by atoms with Crippen molar-refractivity contribution < 1.29 is 18.7 Å². The van der Waals surface area contributed by atoms with Gasteiger partial charge in [0.2, 0.25) is 0 Å². The van der Waals surface area contributed by atoms with Crippen LogP contribution in [0.5, 0.6) is 0 Å². The van der Waals surface area contributed by atoms with Crippen molar-refractivity contribution in [2.45, 2.75) is 31.7 Å². The molecule has 0 unspecified atom stereocenters. The number of aryl methyl sites for hydroxylation is 2. The SMILES string of the molecule is CCOC(=O)CNC(=O)c1nnn(-c2ccc(F)cc2)c1CSc1nc(C)cc(C)n1. The number of carbonyl (C=O) groups is 2. The fraction of sp³-hybridized carbons (Fsp3) is 0.300. The maximum absolute atomic E-state index is 13.3. The van der Waals surface area contributed by atoms with Gasteiger partial charge in [0, 0.05) is 17.1 Å². The van der Waals surface area contributed by atoms with Gasteiger partial charge in [-0.3, -0.25) is 9.59 Å². The minimum Gasteiger partial charge on any atom is -0.465 e. The van der Waals surface area contributed by atoms with Gasteiger partial charge in [0.1, 0.15) is 12.4 Å². The number of hydrogen-bond acceptors (Lipinski definition) is 8. The van der Waals surface area contributed by atoms with Gasteiger partial charge in [-0.15, -0.1) is 5.10 Å². The number of thioether (sulfide) groups is 1. The van der Waals surface area contributed by atoms with E-state index < -0.39 is 17.7 Å². The van der Waals surface area contributed by atoms with Crippen molar-refractivity contribution in [3.8, 4) is 5.69 Å². The molecule has 3 aromatic rings. The highest BCUT2D eigenvalue weighted by Crippen LogP contribution is 2.23. The number of amides is 1. The number of carbonyl (C=O) groups excluding carboxylic acids is 2. The monoisotopic (exact) mass is 444 g/mol. The van der Waals surface area contributed by atoms with Crippen LogP contribution in [-0.2, 0) is 15.3 Å². The maximum Gasteiger partial charge on any atom is 0.325 e. The molecule has 0 saturated heterocycles. The molecule has 0 radical (unpaired) electrons. The van der Waals surface area contributed by atoms with E-state index in [0.717, 1.165) is 11.4 Å². The quantitative estimate of drug-likeness (QED) is 0.320. The molecule has 0 aliphatic rings. The molecule has 2 aromatic heterocycles. The Balaban J connectivity index is 1.88. The third kappa shape index (κ3) is 5.85. The molecule has 0 atom stereocenters. The Morgan fingerprint density at radius 2 is 1.84 bits per heavy atom. The van der Waals surface area contributed by atoms with E-state index >= 15 is 0 Å². The number of benzene rings is 1. The highest BCUT2D eigenvalue weighted by atomic mass is 32.2. The Morgan fingerprint density at radius 3 is 2.48 bits per heavy atom. The van der Waals surface area contributed by atoms with Crippen LogP contribution in [0.25, 0.3) is 5.69 Å². The molecule has 11 heteroatoms. The second-order valence-electron chi connectivity index (χ2n) is 6.48. The molecule has 0 aliphatic heterocycles. The summed E-state index contributed by atoms with van der Waals surface area (Å²) < 4.78 is 19.6.